The van der Waals surface area contributed by atoms with Crippen molar-refractivity contribution in [1.29, 1.82) is 0 Å². The van der Waals surface area contributed by atoms with Gasteiger partial charge in [0, 0.05) is 18.0 Å². The maximum atomic E-state index is 11.4. The van der Waals surface area contributed by atoms with Crippen molar-refractivity contribution in [3.05, 3.63) is 23.1 Å². The van der Waals surface area contributed by atoms with Crippen molar-refractivity contribution >= 4 is 5.91 Å². The highest BCUT2D eigenvalue weighted by molar-refractivity contribution is 5.85. The van der Waals surface area contributed by atoms with Crippen LogP contribution in [0.1, 0.15) is 12.8 Å². The SMILES string of the molecule is C=CC[C@@]1(CN=[N+]=[N-])CCNC1=O. The first-order valence-electron chi connectivity index (χ1n) is 4.15. The highest BCUT2D eigenvalue weighted by atomic mass is 16.2. The Morgan fingerprint density at radius 1 is 1.85 bits per heavy atom. The Labute approximate surface area is 76.4 Å². The largest absolute Gasteiger partial charge is 0.356 e. The Kier molecular flexibility index (Phi) is 2.93. The quantitative estimate of drug-likeness (QED) is 0.301. The first-order chi connectivity index (χ1) is 6.25. The Morgan fingerprint density at radius 2 is 2.62 bits per heavy atom. The van der Waals surface area contributed by atoms with E-state index in [0.29, 0.717) is 13.0 Å². The summed E-state index contributed by atoms with van der Waals surface area (Å²) in [5, 5.41) is 6.20. The predicted molar refractivity (Wildman–Crippen MR) is 48.9 cm³/mol. The molecule has 0 spiro atoms. The summed E-state index contributed by atoms with van der Waals surface area (Å²) in [4.78, 5) is 14.1. The number of azide groups is 1. The molecule has 0 radical (unpaired) electrons. The number of nitrogens with one attached hydrogen (secondary N) is 1. The molecule has 1 rings (SSSR count). The molecule has 0 saturated carbocycles. The number of carbonyl (C=O) groups excluding carboxylic acids is 1. The molecule has 1 fully saturated rings. The van der Waals surface area contributed by atoms with Gasteiger partial charge in [-0.15, -0.1) is 6.58 Å². The van der Waals surface area contributed by atoms with Crippen molar-refractivity contribution in [3.63, 3.8) is 0 Å². The van der Waals surface area contributed by atoms with Gasteiger partial charge in [-0.1, -0.05) is 11.2 Å². The van der Waals surface area contributed by atoms with Crippen molar-refractivity contribution in [3.8, 4) is 0 Å². The van der Waals surface area contributed by atoms with Crippen molar-refractivity contribution < 1.29 is 4.79 Å². The normalized spacial score (nSPS) is 26.3. The molecule has 0 aromatic heterocycles. The van der Waals surface area contributed by atoms with E-state index in [4.69, 9.17) is 5.53 Å². The number of hydrogen-bond acceptors (Lipinski definition) is 2. The number of allylic oxidation sites excluding steroid dienone is 1. The van der Waals surface area contributed by atoms with Gasteiger partial charge in [-0.05, 0) is 18.4 Å². The molecule has 0 aromatic rings. The Balaban J connectivity index is 2.78. The Hall–Kier alpha value is -1.48. The van der Waals surface area contributed by atoms with Gasteiger partial charge in [-0.3, -0.25) is 4.79 Å². The Morgan fingerprint density at radius 3 is 3.08 bits per heavy atom. The predicted octanol–water partition coefficient (Wildman–Crippen LogP) is 1.38. The fraction of sp³-hybridized carbons (Fsp3) is 0.625. The number of amides is 1. The minimum absolute atomic E-state index is 0.0280. The summed E-state index contributed by atoms with van der Waals surface area (Å²) in [5.41, 5.74) is 7.66. The van der Waals surface area contributed by atoms with Crippen molar-refractivity contribution in [2.75, 3.05) is 13.1 Å². The fourth-order valence-electron chi connectivity index (χ4n) is 1.57. The van der Waals surface area contributed by atoms with E-state index in [1.165, 1.54) is 0 Å². The van der Waals surface area contributed by atoms with Gasteiger partial charge >= 0.3 is 0 Å². The van der Waals surface area contributed by atoms with Gasteiger partial charge in [-0.25, -0.2) is 0 Å². The topological polar surface area (TPSA) is 77.9 Å². The summed E-state index contributed by atoms with van der Waals surface area (Å²) < 4.78 is 0. The van der Waals surface area contributed by atoms with E-state index < -0.39 is 5.41 Å². The second-order valence-corrected chi connectivity index (χ2v) is 3.17. The zero-order chi connectivity index (χ0) is 9.73. The van der Waals surface area contributed by atoms with E-state index in [1.54, 1.807) is 6.08 Å². The highest BCUT2D eigenvalue weighted by Gasteiger charge is 2.40. The minimum Gasteiger partial charge on any atom is -0.356 e. The van der Waals surface area contributed by atoms with Crippen LogP contribution in [0, 0.1) is 5.41 Å². The second-order valence-electron chi connectivity index (χ2n) is 3.17. The number of hydrogen-bond donors (Lipinski definition) is 1. The van der Waals surface area contributed by atoms with Crippen LogP contribution >= 0.6 is 0 Å². The van der Waals surface area contributed by atoms with E-state index in [9.17, 15) is 4.79 Å². The summed E-state index contributed by atoms with van der Waals surface area (Å²) >= 11 is 0. The van der Waals surface area contributed by atoms with Crippen LogP contribution in [0.4, 0.5) is 0 Å². The summed E-state index contributed by atoms with van der Waals surface area (Å²) in [6.45, 7) is 4.48. The van der Waals surface area contributed by atoms with Crippen LogP contribution < -0.4 is 5.32 Å². The molecule has 70 valence electrons. The number of carbonyl (C=O) groups is 1. The number of nitrogens with zero attached hydrogens (tertiary/aromatic N) is 3. The molecule has 1 amide bonds. The van der Waals surface area contributed by atoms with Crippen LogP contribution in [0.25, 0.3) is 10.4 Å². The van der Waals surface area contributed by atoms with E-state index in [2.05, 4.69) is 21.9 Å². The molecular weight excluding hydrogens is 168 g/mol. The molecule has 0 aliphatic carbocycles. The molecule has 0 unspecified atom stereocenters. The molecule has 5 nitrogen and oxygen atoms in total. The van der Waals surface area contributed by atoms with E-state index in [-0.39, 0.29) is 12.5 Å². The van der Waals surface area contributed by atoms with Gasteiger partial charge in [-0.2, -0.15) is 0 Å². The lowest BCUT2D eigenvalue weighted by Crippen LogP contribution is -2.33. The monoisotopic (exact) mass is 180 g/mol. The highest BCUT2D eigenvalue weighted by Crippen LogP contribution is 2.31. The lowest BCUT2D eigenvalue weighted by molar-refractivity contribution is -0.127. The first-order valence-corrected chi connectivity index (χ1v) is 4.15. The standard InChI is InChI=1S/C8H12N4O/c1-2-3-8(6-11-12-9)4-5-10-7(8)13/h2H,1,3-6H2,(H,10,13)/t8-/m0/s1. The summed E-state index contributed by atoms with van der Waals surface area (Å²) in [6, 6.07) is 0. The third kappa shape index (κ3) is 1.81. The molecular formula is C8H12N4O. The average Bonchev–Trinajstić information content (AvgIpc) is 2.46. The van der Waals surface area contributed by atoms with Crippen LogP contribution in [0.5, 0.6) is 0 Å². The van der Waals surface area contributed by atoms with Crippen LogP contribution in [0.3, 0.4) is 0 Å². The second kappa shape index (κ2) is 3.96. The van der Waals surface area contributed by atoms with E-state index in [0.717, 1.165) is 6.42 Å². The minimum atomic E-state index is -0.534. The zero-order valence-electron chi connectivity index (χ0n) is 7.36. The van der Waals surface area contributed by atoms with Crippen molar-refractivity contribution in [2.24, 2.45) is 10.5 Å². The molecule has 0 aromatic carbocycles. The molecule has 1 aliphatic heterocycles. The Bertz CT molecular complexity index is 269. The third-order valence-electron chi connectivity index (χ3n) is 2.34. The summed E-state index contributed by atoms with van der Waals surface area (Å²) in [6.07, 6.45) is 2.98. The van der Waals surface area contributed by atoms with Crippen molar-refractivity contribution in [1.82, 2.24) is 5.32 Å². The molecule has 13 heavy (non-hydrogen) atoms. The van der Waals surface area contributed by atoms with Gasteiger partial charge < -0.3 is 5.32 Å². The van der Waals surface area contributed by atoms with Crippen LogP contribution in [-0.2, 0) is 4.79 Å². The van der Waals surface area contributed by atoms with Crippen molar-refractivity contribution in [2.45, 2.75) is 12.8 Å². The summed E-state index contributed by atoms with van der Waals surface area (Å²) in [7, 11) is 0. The van der Waals surface area contributed by atoms with E-state index in [1.807, 2.05) is 0 Å². The smallest absolute Gasteiger partial charge is 0.226 e. The fourth-order valence-corrected chi connectivity index (χ4v) is 1.57. The molecule has 1 heterocycles. The molecule has 1 N–H and O–H groups in total. The molecule has 1 aliphatic rings. The van der Waals surface area contributed by atoms with Crippen LogP contribution in [-0.4, -0.2) is 19.0 Å². The summed E-state index contributed by atoms with van der Waals surface area (Å²) in [5.74, 6) is -0.0280. The average molecular weight is 180 g/mol. The maximum absolute atomic E-state index is 11.4. The number of rotatable bonds is 4. The van der Waals surface area contributed by atoms with Gasteiger partial charge in [0.15, 0.2) is 0 Å². The van der Waals surface area contributed by atoms with E-state index >= 15 is 0 Å². The first kappa shape index (κ1) is 9.61. The molecule has 5 heteroatoms. The van der Waals surface area contributed by atoms with Gasteiger partial charge in [0.1, 0.15) is 0 Å². The van der Waals surface area contributed by atoms with Gasteiger partial charge in [0.25, 0.3) is 0 Å². The lowest BCUT2D eigenvalue weighted by atomic mass is 9.83. The van der Waals surface area contributed by atoms with Gasteiger partial charge in [0.05, 0.1) is 5.41 Å². The maximum Gasteiger partial charge on any atom is 0.226 e. The van der Waals surface area contributed by atoms with Crippen LogP contribution in [0.2, 0.25) is 0 Å². The molecule has 0 bridgehead atoms. The molecule has 1 saturated heterocycles. The van der Waals surface area contributed by atoms with Crippen LogP contribution in [0.15, 0.2) is 17.8 Å². The third-order valence-corrected chi connectivity index (χ3v) is 2.34. The zero-order valence-corrected chi connectivity index (χ0v) is 7.36. The lowest BCUT2D eigenvalue weighted by Gasteiger charge is -2.21. The van der Waals surface area contributed by atoms with Gasteiger partial charge in [0.2, 0.25) is 5.91 Å². The molecule has 1 atom stereocenters.